The lowest BCUT2D eigenvalue weighted by Gasteiger charge is -2.21. The second-order valence-electron chi connectivity index (χ2n) is 4.75. The smallest absolute Gasteiger partial charge is 0.144 e. The second kappa shape index (κ2) is 4.84. The van der Waals surface area contributed by atoms with Gasteiger partial charge in [-0.15, -0.1) is 0 Å². The molecule has 0 unspecified atom stereocenters. The van der Waals surface area contributed by atoms with E-state index < -0.39 is 0 Å². The van der Waals surface area contributed by atoms with E-state index in [4.69, 9.17) is 10.5 Å². The van der Waals surface area contributed by atoms with Gasteiger partial charge in [-0.2, -0.15) is 0 Å². The quantitative estimate of drug-likeness (QED) is 0.855. The van der Waals surface area contributed by atoms with Gasteiger partial charge >= 0.3 is 0 Å². The van der Waals surface area contributed by atoms with E-state index in [0.717, 1.165) is 30.2 Å². The van der Waals surface area contributed by atoms with Crippen LogP contribution in [-0.4, -0.2) is 6.61 Å². The lowest BCUT2D eigenvalue weighted by atomic mass is 10.1. The molecule has 3 heteroatoms. The molecule has 0 saturated heterocycles. The molecule has 2 N–H and O–H groups in total. The maximum Gasteiger partial charge on any atom is 0.144 e. The number of ether oxygens (including phenoxy) is 1. The Labute approximate surface area is 113 Å². The standard InChI is InChI=1S/C16H18N2O/c1-2-19-15-9-5-8-14(16(15)17)18-10-12-6-3-4-7-13(12)11-18/h3-9H,2,10-11,17H2,1H3. The predicted molar refractivity (Wildman–Crippen MR) is 78.4 cm³/mol. The maximum atomic E-state index is 6.22. The fourth-order valence-corrected chi connectivity index (χ4v) is 2.59. The minimum absolute atomic E-state index is 0.633. The van der Waals surface area contributed by atoms with Crippen LogP contribution >= 0.6 is 0 Å². The van der Waals surface area contributed by atoms with Gasteiger partial charge in [-0.3, -0.25) is 0 Å². The number of rotatable bonds is 3. The Kier molecular flexibility index (Phi) is 3.03. The van der Waals surface area contributed by atoms with Gasteiger partial charge in [0.1, 0.15) is 5.75 Å². The third-order valence-electron chi connectivity index (χ3n) is 3.52. The average Bonchev–Trinajstić information content (AvgIpc) is 2.85. The van der Waals surface area contributed by atoms with Crippen LogP contribution in [0.2, 0.25) is 0 Å². The minimum Gasteiger partial charge on any atom is -0.492 e. The van der Waals surface area contributed by atoms with E-state index >= 15 is 0 Å². The molecule has 0 amide bonds. The first-order valence-electron chi connectivity index (χ1n) is 6.62. The summed E-state index contributed by atoms with van der Waals surface area (Å²) in [4.78, 5) is 2.29. The predicted octanol–water partition coefficient (Wildman–Crippen LogP) is 3.19. The largest absolute Gasteiger partial charge is 0.492 e. The number of nitrogen functional groups attached to an aromatic ring is 1. The van der Waals surface area contributed by atoms with Gasteiger partial charge in [-0.05, 0) is 30.2 Å². The Morgan fingerprint density at radius 3 is 2.37 bits per heavy atom. The van der Waals surface area contributed by atoms with Crippen molar-refractivity contribution in [1.82, 2.24) is 0 Å². The first-order valence-corrected chi connectivity index (χ1v) is 6.62. The molecule has 3 rings (SSSR count). The molecule has 0 fully saturated rings. The van der Waals surface area contributed by atoms with Crippen LogP contribution in [0.15, 0.2) is 42.5 Å². The third kappa shape index (κ3) is 2.12. The number of hydrogen-bond donors (Lipinski definition) is 1. The summed E-state index contributed by atoms with van der Waals surface area (Å²) in [6.45, 7) is 4.43. The van der Waals surface area contributed by atoms with Crippen LogP contribution in [0.3, 0.4) is 0 Å². The molecule has 0 bridgehead atoms. The van der Waals surface area contributed by atoms with Crippen LogP contribution in [0.4, 0.5) is 11.4 Å². The monoisotopic (exact) mass is 254 g/mol. The molecule has 19 heavy (non-hydrogen) atoms. The van der Waals surface area contributed by atoms with E-state index in [1.807, 2.05) is 19.1 Å². The Morgan fingerprint density at radius 2 is 1.74 bits per heavy atom. The van der Waals surface area contributed by atoms with E-state index in [2.05, 4.69) is 35.2 Å². The molecule has 1 aliphatic heterocycles. The fourth-order valence-electron chi connectivity index (χ4n) is 2.59. The summed E-state index contributed by atoms with van der Waals surface area (Å²) in [5.74, 6) is 0.774. The molecule has 2 aromatic carbocycles. The third-order valence-corrected chi connectivity index (χ3v) is 3.52. The van der Waals surface area contributed by atoms with E-state index in [-0.39, 0.29) is 0 Å². The Bertz CT molecular complexity index is 570. The highest BCUT2D eigenvalue weighted by molar-refractivity contribution is 5.74. The van der Waals surface area contributed by atoms with Crippen molar-refractivity contribution < 1.29 is 4.74 Å². The molecule has 1 heterocycles. The average molecular weight is 254 g/mol. The van der Waals surface area contributed by atoms with E-state index in [0.29, 0.717) is 6.61 Å². The summed E-state index contributed by atoms with van der Waals surface area (Å²) in [5, 5.41) is 0. The van der Waals surface area contributed by atoms with Crippen molar-refractivity contribution >= 4 is 11.4 Å². The van der Waals surface area contributed by atoms with Gasteiger partial charge in [0.2, 0.25) is 0 Å². The normalized spacial score (nSPS) is 13.4. The van der Waals surface area contributed by atoms with Crippen molar-refractivity contribution in [3.8, 4) is 5.75 Å². The van der Waals surface area contributed by atoms with Crippen LogP contribution in [0.25, 0.3) is 0 Å². The van der Waals surface area contributed by atoms with E-state index in [1.54, 1.807) is 0 Å². The second-order valence-corrected chi connectivity index (χ2v) is 4.75. The Balaban J connectivity index is 1.91. The van der Waals surface area contributed by atoms with Crippen molar-refractivity contribution in [2.75, 3.05) is 17.2 Å². The summed E-state index contributed by atoms with van der Waals surface area (Å²) < 4.78 is 5.56. The molecule has 1 aliphatic rings. The first kappa shape index (κ1) is 11.9. The minimum atomic E-state index is 0.633. The van der Waals surface area contributed by atoms with Gasteiger partial charge in [-0.1, -0.05) is 30.3 Å². The van der Waals surface area contributed by atoms with E-state index in [9.17, 15) is 0 Å². The first-order chi connectivity index (χ1) is 9.29. The van der Waals surface area contributed by atoms with Gasteiger partial charge in [0.25, 0.3) is 0 Å². The fraction of sp³-hybridized carbons (Fsp3) is 0.250. The van der Waals surface area contributed by atoms with E-state index in [1.165, 1.54) is 11.1 Å². The number of benzene rings is 2. The van der Waals surface area contributed by atoms with Crippen molar-refractivity contribution in [3.63, 3.8) is 0 Å². The summed E-state index contributed by atoms with van der Waals surface area (Å²) >= 11 is 0. The summed E-state index contributed by atoms with van der Waals surface area (Å²) in [7, 11) is 0. The number of anilines is 2. The lowest BCUT2D eigenvalue weighted by molar-refractivity contribution is 0.342. The van der Waals surface area contributed by atoms with Crippen molar-refractivity contribution in [1.29, 1.82) is 0 Å². The Hall–Kier alpha value is -2.16. The molecular weight excluding hydrogens is 236 g/mol. The van der Waals surface area contributed by atoms with Crippen molar-refractivity contribution in [3.05, 3.63) is 53.6 Å². The number of para-hydroxylation sites is 1. The highest BCUT2D eigenvalue weighted by Gasteiger charge is 2.21. The van der Waals surface area contributed by atoms with Crippen LogP contribution in [0.5, 0.6) is 5.75 Å². The molecule has 0 radical (unpaired) electrons. The van der Waals surface area contributed by atoms with Crippen LogP contribution in [0, 0.1) is 0 Å². The summed E-state index contributed by atoms with van der Waals surface area (Å²) in [6, 6.07) is 14.5. The zero-order valence-corrected chi connectivity index (χ0v) is 11.1. The molecule has 0 spiro atoms. The van der Waals surface area contributed by atoms with Crippen LogP contribution < -0.4 is 15.4 Å². The summed E-state index contributed by atoms with van der Waals surface area (Å²) in [6.07, 6.45) is 0. The Morgan fingerprint density at radius 1 is 1.05 bits per heavy atom. The van der Waals surface area contributed by atoms with Gasteiger partial charge < -0.3 is 15.4 Å². The van der Waals surface area contributed by atoms with Crippen molar-refractivity contribution in [2.24, 2.45) is 0 Å². The number of nitrogens with zero attached hydrogens (tertiary/aromatic N) is 1. The van der Waals surface area contributed by atoms with Crippen molar-refractivity contribution in [2.45, 2.75) is 20.0 Å². The highest BCUT2D eigenvalue weighted by atomic mass is 16.5. The molecule has 98 valence electrons. The molecule has 0 aromatic heterocycles. The topological polar surface area (TPSA) is 38.5 Å². The van der Waals surface area contributed by atoms with Gasteiger partial charge in [0, 0.05) is 13.1 Å². The molecular formula is C16H18N2O. The zero-order valence-electron chi connectivity index (χ0n) is 11.1. The SMILES string of the molecule is CCOc1cccc(N2Cc3ccccc3C2)c1N. The maximum absolute atomic E-state index is 6.22. The zero-order chi connectivity index (χ0) is 13.2. The molecule has 0 atom stereocenters. The lowest BCUT2D eigenvalue weighted by Crippen LogP contribution is -2.16. The van der Waals surface area contributed by atoms with Gasteiger partial charge in [0.15, 0.2) is 0 Å². The molecule has 0 aliphatic carbocycles. The number of fused-ring (bicyclic) bond motifs is 1. The number of nitrogens with two attached hydrogens (primary N) is 1. The summed E-state index contributed by atoms with van der Waals surface area (Å²) in [5.41, 5.74) is 10.8. The van der Waals surface area contributed by atoms with Crippen LogP contribution in [-0.2, 0) is 13.1 Å². The highest BCUT2D eigenvalue weighted by Crippen LogP contribution is 2.36. The molecule has 3 nitrogen and oxygen atoms in total. The van der Waals surface area contributed by atoms with Crippen LogP contribution in [0.1, 0.15) is 18.1 Å². The van der Waals surface area contributed by atoms with Gasteiger partial charge in [0.05, 0.1) is 18.0 Å². The molecule has 2 aromatic rings. The van der Waals surface area contributed by atoms with Gasteiger partial charge in [-0.25, -0.2) is 0 Å². The molecule has 0 saturated carbocycles. The number of hydrogen-bond acceptors (Lipinski definition) is 3.